The van der Waals surface area contributed by atoms with Crippen LogP contribution in [0.3, 0.4) is 0 Å². The molecule has 0 aromatic heterocycles. The molecule has 3 N–H and O–H groups in total. The number of hydrogen-bond donors (Lipinski definition) is 2. The van der Waals surface area contributed by atoms with Crippen LogP contribution in [0, 0.1) is 5.92 Å². The fourth-order valence-electron chi connectivity index (χ4n) is 1.80. The number of aliphatic carboxylic acids is 1. The van der Waals surface area contributed by atoms with Crippen molar-refractivity contribution < 1.29 is 14.7 Å². The molecule has 1 saturated heterocycles. The highest BCUT2D eigenvalue weighted by Crippen LogP contribution is 2.23. The van der Waals surface area contributed by atoms with Gasteiger partial charge in [-0.15, -0.1) is 0 Å². The maximum absolute atomic E-state index is 10.8. The number of carboxylic acids is 1. The lowest BCUT2D eigenvalue weighted by Gasteiger charge is -2.21. The lowest BCUT2D eigenvalue weighted by Crippen LogP contribution is -2.43. The van der Waals surface area contributed by atoms with Crippen LogP contribution in [0.1, 0.15) is 13.3 Å². The molecular weight excluding hydrogens is 172 g/mol. The average molecular weight is 186 g/mol. The first-order chi connectivity index (χ1) is 6.02. The van der Waals surface area contributed by atoms with Crippen molar-refractivity contribution in [3.63, 3.8) is 0 Å². The van der Waals surface area contributed by atoms with Crippen LogP contribution in [-0.2, 0) is 9.59 Å². The molecule has 1 heterocycles. The van der Waals surface area contributed by atoms with Crippen molar-refractivity contribution in [3.8, 4) is 0 Å². The van der Waals surface area contributed by atoms with Gasteiger partial charge in [0.25, 0.3) is 0 Å². The summed E-state index contributed by atoms with van der Waals surface area (Å²) in [6.45, 7) is 2.56. The Morgan fingerprint density at radius 2 is 2.23 bits per heavy atom. The Labute approximate surface area is 76.5 Å². The molecule has 0 spiro atoms. The fourth-order valence-corrected chi connectivity index (χ4v) is 1.80. The monoisotopic (exact) mass is 186 g/mol. The molecule has 1 amide bonds. The first kappa shape index (κ1) is 9.98. The SMILES string of the molecule is CC1CCN(CC(N)=O)C1C(=O)O. The van der Waals surface area contributed by atoms with Gasteiger partial charge in [-0.25, -0.2) is 0 Å². The molecule has 0 aromatic carbocycles. The molecule has 1 aliphatic heterocycles. The van der Waals surface area contributed by atoms with Gasteiger partial charge >= 0.3 is 5.97 Å². The Bertz CT molecular complexity index is 229. The first-order valence-electron chi connectivity index (χ1n) is 4.27. The van der Waals surface area contributed by atoms with E-state index in [2.05, 4.69) is 0 Å². The highest BCUT2D eigenvalue weighted by molar-refractivity contribution is 5.79. The van der Waals surface area contributed by atoms with Crippen molar-refractivity contribution in [3.05, 3.63) is 0 Å². The quantitative estimate of drug-likeness (QED) is 0.608. The summed E-state index contributed by atoms with van der Waals surface area (Å²) in [5.74, 6) is -1.25. The molecule has 74 valence electrons. The molecule has 1 rings (SSSR count). The maximum atomic E-state index is 10.8. The molecule has 0 saturated carbocycles. The number of hydrogen-bond acceptors (Lipinski definition) is 3. The lowest BCUT2D eigenvalue weighted by molar-refractivity contribution is -0.143. The average Bonchev–Trinajstić information content (AvgIpc) is 2.30. The minimum absolute atomic E-state index is 0.0430. The summed E-state index contributed by atoms with van der Waals surface area (Å²) in [4.78, 5) is 23.0. The third-order valence-electron chi connectivity index (χ3n) is 2.42. The van der Waals surface area contributed by atoms with Gasteiger partial charge in [0.1, 0.15) is 6.04 Å². The second kappa shape index (κ2) is 3.74. The summed E-state index contributed by atoms with van der Waals surface area (Å²) in [6, 6.07) is -0.549. The van der Waals surface area contributed by atoms with E-state index in [0.29, 0.717) is 6.54 Å². The molecule has 2 atom stereocenters. The van der Waals surface area contributed by atoms with Crippen LogP contribution >= 0.6 is 0 Å². The van der Waals surface area contributed by atoms with Gasteiger partial charge in [-0.2, -0.15) is 0 Å². The largest absolute Gasteiger partial charge is 0.480 e. The third kappa shape index (κ3) is 2.18. The molecule has 0 aromatic rings. The summed E-state index contributed by atoms with van der Waals surface area (Å²) in [7, 11) is 0. The smallest absolute Gasteiger partial charge is 0.321 e. The fraction of sp³-hybridized carbons (Fsp3) is 0.750. The van der Waals surface area contributed by atoms with Crippen molar-refractivity contribution >= 4 is 11.9 Å². The maximum Gasteiger partial charge on any atom is 0.321 e. The predicted octanol–water partition coefficient (Wildman–Crippen LogP) is -0.733. The van der Waals surface area contributed by atoms with Crippen LogP contribution in [0.5, 0.6) is 0 Å². The third-order valence-corrected chi connectivity index (χ3v) is 2.42. The van der Waals surface area contributed by atoms with Gasteiger partial charge in [-0.1, -0.05) is 6.92 Å². The summed E-state index contributed by atoms with van der Waals surface area (Å²) in [5, 5.41) is 8.87. The zero-order chi connectivity index (χ0) is 10.0. The molecule has 1 aliphatic rings. The number of carbonyl (C=O) groups is 2. The first-order valence-corrected chi connectivity index (χ1v) is 4.27. The summed E-state index contributed by atoms with van der Waals surface area (Å²) < 4.78 is 0. The summed E-state index contributed by atoms with van der Waals surface area (Å²) >= 11 is 0. The minimum atomic E-state index is -0.869. The van der Waals surface area contributed by atoms with E-state index in [4.69, 9.17) is 10.8 Å². The number of nitrogens with zero attached hydrogens (tertiary/aromatic N) is 1. The van der Waals surface area contributed by atoms with Gasteiger partial charge in [0.05, 0.1) is 6.54 Å². The standard InChI is InChI=1S/C8H14N2O3/c1-5-2-3-10(4-6(9)11)7(5)8(12)13/h5,7H,2-4H2,1H3,(H2,9,11)(H,12,13). The molecule has 0 aliphatic carbocycles. The van der Waals surface area contributed by atoms with Crippen LogP contribution < -0.4 is 5.73 Å². The number of primary amides is 1. The number of carbonyl (C=O) groups excluding carboxylic acids is 1. The Morgan fingerprint density at radius 1 is 1.62 bits per heavy atom. The Hall–Kier alpha value is -1.10. The van der Waals surface area contributed by atoms with Crippen LogP contribution in [0.2, 0.25) is 0 Å². The molecule has 0 radical (unpaired) electrons. The molecule has 1 fully saturated rings. The van der Waals surface area contributed by atoms with Gasteiger partial charge < -0.3 is 10.8 Å². The van der Waals surface area contributed by atoms with Gasteiger partial charge in [-0.05, 0) is 18.9 Å². The second-order valence-electron chi connectivity index (χ2n) is 3.49. The minimum Gasteiger partial charge on any atom is -0.480 e. The zero-order valence-corrected chi connectivity index (χ0v) is 7.56. The Balaban J connectivity index is 2.64. The molecule has 5 nitrogen and oxygen atoms in total. The normalized spacial score (nSPS) is 29.0. The van der Waals surface area contributed by atoms with Crippen LogP contribution in [0.15, 0.2) is 0 Å². The molecule has 0 bridgehead atoms. The van der Waals surface area contributed by atoms with Crippen molar-refractivity contribution in [2.24, 2.45) is 11.7 Å². The van der Waals surface area contributed by atoms with Crippen LogP contribution in [0.25, 0.3) is 0 Å². The van der Waals surface area contributed by atoms with Crippen LogP contribution in [-0.4, -0.2) is 41.0 Å². The number of amides is 1. The summed E-state index contributed by atoms with van der Waals surface area (Å²) in [6.07, 6.45) is 0.810. The molecule has 13 heavy (non-hydrogen) atoms. The molecule has 5 heteroatoms. The van der Waals surface area contributed by atoms with Gasteiger partial charge in [0.15, 0.2) is 0 Å². The number of nitrogens with two attached hydrogens (primary N) is 1. The van der Waals surface area contributed by atoms with Crippen molar-refractivity contribution in [2.45, 2.75) is 19.4 Å². The second-order valence-corrected chi connectivity index (χ2v) is 3.49. The van der Waals surface area contributed by atoms with E-state index in [1.54, 1.807) is 4.90 Å². The Morgan fingerprint density at radius 3 is 2.69 bits per heavy atom. The van der Waals surface area contributed by atoms with E-state index in [9.17, 15) is 9.59 Å². The highest BCUT2D eigenvalue weighted by Gasteiger charge is 2.36. The van der Waals surface area contributed by atoms with E-state index in [0.717, 1.165) is 6.42 Å². The van der Waals surface area contributed by atoms with Crippen molar-refractivity contribution in [1.82, 2.24) is 4.90 Å². The lowest BCUT2D eigenvalue weighted by atomic mass is 10.0. The van der Waals surface area contributed by atoms with Crippen molar-refractivity contribution in [2.75, 3.05) is 13.1 Å². The number of rotatable bonds is 3. The molecule has 2 unspecified atom stereocenters. The zero-order valence-electron chi connectivity index (χ0n) is 7.56. The van der Waals surface area contributed by atoms with E-state index < -0.39 is 17.9 Å². The predicted molar refractivity (Wildman–Crippen MR) is 46.0 cm³/mol. The number of likely N-dealkylation sites (tertiary alicyclic amines) is 1. The summed E-state index contributed by atoms with van der Waals surface area (Å²) in [5.41, 5.74) is 5.01. The van der Waals surface area contributed by atoms with Gasteiger partial charge in [0, 0.05) is 0 Å². The van der Waals surface area contributed by atoms with Gasteiger partial charge in [0.2, 0.25) is 5.91 Å². The van der Waals surface area contributed by atoms with E-state index in [-0.39, 0.29) is 12.5 Å². The topological polar surface area (TPSA) is 83.6 Å². The highest BCUT2D eigenvalue weighted by atomic mass is 16.4. The van der Waals surface area contributed by atoms with Crippen molar-refractivity contribution in [1.29, 1.82) is 0 Å². The van der Waals surface area contributed by atoms with E-state index >= 15 is 0 Å². The van der Waals surface area contributed by atoms with E-state index in [1.165, 1.54) is 0 Å². The molecular formula is C8H14N2O3. The Kier molecular flexibility index (Phi) is 2.87. The number of carboxylic acid groups (broad SMARTS) is 1. The van der Waals surface area contributed by atoms with E-state index in [1.807, 2.05) is 6.92 Å². The van der Waals surface area contributed by atoms with Crippen LogP contribution in [0.4, 0.5) is 0 Å². The van der Waals surface area contributed by atoms with Gasteiger partial charge in [-0.3, -0.25) is 14.5 Å².